The first-order valence-corrected chi connectivity index (χ1v) is 6.67. The van der Waals surface area contributed by atoms with E-state index in [1.54, 1.807) is 4.68 Å². The summed E-state index contributed by atoms with van der Waals surface area (Å²) >= 11 is 0. The normalized spacial score (nSPS) is 10.4. The van der Waals surface area contributed by atoms with Crippen molar-refractivity contribution in [2.45, 2.75) is 20.3 Å². The van der Waals surface area contributed by atoms with Crippen LogP contribution in [0.1, 0.15) is 28.5 Å². The first kappa shape index (κ1) is 14.1. The molecule has 5 nitrogen and oxygen atoms in total. The molecule has 0 saturated heterocycles. The fourth-order valence-corrected chi connectivity index (χ4v) is 2.16. The van der Waals surface area contributed by atoms with Crippen molar-refractivity contribution < 1.29 is 4.79 Å². The van der Waals surface area contributed by atoms with Gasteiger partial charge < -0.3 is 10.6 Å². The molecule has 20 heavy (non-hydrogen) atoms. The van der Waals surface area contributed by atoms with Crippen molar-refractivity contribution in [3.8, 4) is 0 Å². The van der Waals surface area contributed by atoms with E-state index in [-0.39, 0.29) is 5.91 Å². The third-order valence-corrected chi connectivity index (χ3v) is 3.25. The second kappa shape index (κ2) is 5.77. The topological polar surface area (TPSA) is 59.0 Å². The van der Waals surface area contributed by atoms with Gasteiger partial charge in [0.15, 0.2) is 0 Å². The standard InChI is InChI=1S/C15H20N4O/c1-5-13-14(9-19(4)18-13)17-15(20)12-7-6-11(16-3)8-10(12)2/h6-9,16H,5H2,1-4H3,(H,17,20). The second-order valence-corrected chi connectivity index (χ2v) is 4.75. The number of amides is 1. The van der Waals surface area contributed by atoms with Gasteiger partial charge in [0, 0.05) is 31.5 Å². The largest absolute Gasteiger partial charge is 0.388 e. The molecule has 0 saturated carbocycles. The number of carbonyl (C=O) groups excluding carboxylic acids is 1. The number of nitrogens with one attached hydrogen (secondary N) is 2. The van der Waals surface area contributed by atoms with Gasteiger partial charge in [0.2, 0.25) is 0 Å². The summed E-state index contributed by atoms with van der Waals surface area (Å²) in [5.41, 5.74) is 4.28. The van der Waals surface area contributed by atoms with E-state index in [0.29, 0.717) is 5.56 Å². The van der Waals surface area contributed by atoms with Gasteiger partial charge in [-0.25, -0.2) is 0 Å². The maximum atomic E-state index is 12.3. The molecule has 1 heterocycles. The van der Waals surface area contributed by atoms with Gasteiger partial charge in [0.1, 0.15) is 0 Å². The van der Waals surface area contributed by atoms with Gasteiger partial charge in [-0.2, -0.15) is 5.10 Å². The highest BCUT2D eigenvalue weighted by atomic mass is 16.1. The third-order valence-electron chi connectivity index (χ3n) is 3.25. The van der Waals surface area contributed by atoms with Crippen molar-refractivity contribution >= 4 is 17.3 Å². The Bertz CT molecular complexity index is 631. The van der Waals surface area contributed by atoms with E-state index in [1.807, 2.05) is 52.3 Å². The minimum Gasteiger partial charge on any atom is -0.388 e. The van der Waals surface area contributed by atoms with Gasteiger partial charge in [-0.15, -0.1) is 0 Å². The number of nitrogens with zero attached hydrogens (tertiary/aromatic N) is 2. The summed E-state index contributed by atoms with van der Waals surface area (Å²) in [5, 5.41) is 10.3. The molecule has 2 rings (SSSR count). The number of aromatic nitrogens is 2. The molecule has 2 aromatic rings. The van der Waals surface area contributed by atoms with E-state index < -0.39 is 0 Å². The van der Waals surface area contributed by atoms with E-state index in [9.17, 15) is 4.79 Å². The molecule has 0 aliphatic heterocycles. The summed E-state index contributed by atoms with van der Waals surface area (Å²) in [6, 6.07) is 5.68. The molecule has 0 bridgehead atoms. The Labute approximate surface area is 119 Å². The Morgan fingerprint density at radius 2 is 2.15 bits per heavy atom. The van der Waals surface area contributed by atoms with Crippen LogP contribution in [0.4, 0.5) is 11.4 Å². The molecule has 0 aliphatic rings. The molecule has 1 amide bonds. The lowest BCUT2D eigenvalue weighted by atomic mass is 10.1. The Morgan fingerprint density at radius 1 is 1.40 bits per heavy atom. The number of anilines is 2. The van der Waals surface area contributed by atoms with Crippen LogP contribution >= 0.6 is 0 Å². The van der Waals surface area contributed by atoms with Gasteiger partial charge >= 0.3 is 0 Å². The van der Waals surface area contributed by atoms with E-state index in [2.05, 4.69) is 15.7 Å². The van der Waals surface area contributed by atoms with E-state index in [0.717, 1.165) is 29.1 Å². The average Bonchev–Trinajstić information content (AvgIpc) is 2.78. The summed E-state index contributed by atoms with van der Waals surface area (Å²) in [6.07, 6.45) is 2.61. The number of aryl methyl sites for hydroxylation is 3. The molecule has 1 aromatic heterocycles. The number of rotatable bonds is 4. The zero-order valence-electron chi connectivity index (χ0n) is 12.3. The van der Waals surface area contributed by atoms with Crippen molar-refractivity contribution in [3.63, 3.8) is 0 Å². The lowest BCUT2D eigenvalue weighted by Crippen LogP contribution is -2.14. The van der Waals surface area contributed by atoms with E-state index in [4.69, 9.17) is 0 Å². The Hall–Kier alpha value is -2.30. The predicted octanol–water partition coefficient (Wildman–Crippen LogP) is 2.58. The quantitative estimate of drug-likeness (QED) is 0.899. The SMILES string of the molecule is CCc1nn(C)cc1NC(=O)c1ccc(NC)cc1C. The van der Waals surface area contributed by atoms with Gasteiger partial charge in [0.25, 0.3) is 5.91 Å². The van der Waals surface area contributed by atoms with Crippen LogP contribution in [-0.4, -0.2) is 22.7 Å². The third kappa shape index (κ3) is 2.82. The maximum Gasteiger partial charge on any atom is 0.256 e. The van der Waals surface area contributed by atoms with Crippen LogP contribution in [0.5, 0.6) is 0 Å². The molecule has 2 N–H and O–H groups in total. The predicted molar refractivity (Wildman–Crippen MR) is 81.3 cm³/mol. The molecule has 0 fully saturated rings. The van der Waals surface area contributed by atoms with Crippen LogP contribution < -0.4 is 10.6 Å². The lowest BCUT2D eigenvalue weighted by Gasteiger charge is -2.09. The van der Waals surface area contributed by atoms with Crippen LogP contribution in [0, 0.1) is 6.92 Å². The summed E-state index contributed by atoms with van der Waals surface area (Å²) in [4.78, 5) is 12.3. The number of carbonyl (C=O) groups is 1. The zero-order chi connectivity index (χ0) is 14.7. The molecular weight excluding hydrogens is 252 g/mol. The minimum atomic E-state index is -0.104. The van der Waals surface area contributed by atoms with Gasteiger partial charge in [0.05, 0.1) is 11.4 Å². The van der Waals surface area contributed by atoms with Crippen LogP contribution in [0.3, 0.4) is 0 Å². The van der Waals surface area contributed by atoms with Crippen molar-refractivity contribution in [1.29, 1.82) is 0 Å². The molecule has 106 valence electrons. The number of hydrogen-bond donors (Lipinski definition) is 2. The van der Waals surface area contributed by atoms with Gasteiger partial charge in [-0.3, -0.25) is 9.48 Å². The van der Waals surface area contributed by atoms with Crippen molar-refractivity contribution in [2.24, 2.45) is 7.05 Å². The fourth-order valence-electron chi connectivity index (χ4n) is 2.16. The van der Waals surface area contributed by atoms with Gasteiger partial charge in [-0.05, 0) is 37.1 Å². The molecule has 1 aromatic carbocycles. The Morgan fingerprint density at radius 3 is 2.75 bits per heavy atom. The van der Waals surface area contributed by atoms with E-state index in [1.165, 1.54) is 0 Å². The van der Waals surface area contributed by atoms with Crippen LogP contribution in [0.25, 0.3) is 0 Å². The molecule has 0 atom stereocenters. The molecule has 0 aliphatic carbocycles. The first-order valence-electron chi connectivity index (χ1n) is 6.67. The highest BCUT2D eigenvalue weighted by molar-refractivity contribution is 6.05. The van der Waals surface area contributed by atoms with Crippen LogP contribution in [-0.2, 0) is 13.5 Å². The number of hydrogen-bond acceptors (Lipinski definition) is 3. The minimum absolute atomic E-state index is 0.104. The summed E-state index contributed by atoms with van der Waals surface area (Å²) < 4.78 is 1.71. The fraction of sp³-hybridized carbons (Fsp3) is 0.333. The monoisotopic (exact) mass is 272 g/mol. The van der Waals surface area contributed by atoms with Crippen molar-refractivity contribution in [3.05, 3.63) is 41.2 Å². The lowest BCUT2D eigenvalue weighted by molar-refractivity contribution is 0.102. The zero-order valence-corrected chi connectivity index (χ0v) is 12.3. The van der Waals surface area contributed by atoms with Crippen molar-refractivity contribution in [1.82, 2.24) is 9.78 Å². The highest BCUT2D eigenvalue weighted by Crippen LogP contribution is 2.18. The highest BCUT2D eigenvalue weighted by Gasteiger charge is 2.13. The van der Waals surface area contributed by atoms with Gasteiger partial charge in [-0.1, -0.05) is 6.92 Å². The molecular formula is C15H20N4O. The Balaban J connectivity index is 2.23. The van der Waals surface area contributed by atoms with Crippen LogP contribution in [0.2, 0.25) is 0 Å². The number of benzene rings is 1. The molecule has 0 radical (unpaired) electrons. The summed E-state index contributed by atoms with van der Waals surface area (Å²) in [7, 11) is 3.71. The Kier molecular flexibility index (Phi) is 4.08. The van der Waals surface area contributed by atoms with Crippen LogP contribution in [0.15, 0.2) is 24.4 Å². The summed E-state index contributed by atoms with van der Waals surface area (Å²) in [6.45, 7) is 3.95. The maximum absolute atomic E-state index is 12.3. The second-order valence-electron chi connectivity index (χ2n) is 4.75. The summed E-state index contributed by atoms with van der Waals surface area (Å²) in [5.74, 6) is -0.104. The first-order chi connectivity index (χ1) is 9.55. The smallest absolute Gasteiger partial charge is 0.256 e. The van der Waals surface area contributed by atoms with Crippen molar-refractivity contribution in [2.75, 3.05) is 17.7 Å². The molecule has 0 unspecified atom stereocenters. The van der Waals surface area contributed by atoms with E-state index >= 15 is 0 Å². The average molecular weight is 272 g/mol. The molecule has 0 spiro atoms. The molecule has 5 heteroatoms.